The van der Waals surface area contributed by atoms with Crippen LogP contribution in [-0.2, 0) is 0 Å². The van der Waals surface area contributed by atoms with Gasteiger partial charge in [-0.1, -0.05) is 0 Å². The van der Waals surface area contributed by atoms with Crippen LogP contribution in [0, 0.1) is 6.92 Å². The summed E-state index contributed by atoms with van der Waals surface area (Å²) in [6, 6.07) is 3.74. The summed E-state index contributed by atoms with van der Waals surface area (Å²) in [5, 5.41) is 0. The van der Waals surface area contributed by atoms with Crippen LogP contribution in [0.5, 0.6) is 0 Å². The molecule has 0 fully saturated rings. The van der Waals surface area contributed by atoms with Crippen LogP contribution in [0.15, 0.2) is 18.3 Å². The molecule has 0 spiro atoms. The van der Waals surface area contributed by atoms with Gasteiger partial charge in [-0.05, 0) is 6.07 Å². The minimum atomic E-state index is 0.813. The van der Waals surface area contributed by atoms with E-state index in [4.69, 9.17) is 5.73 Å². The Morgan fingerprint density at radius 1 is 1.62 bits per heavy atom. The maximum Gasteiger partial charge on any atom is 0.199 e. The first kappa shape index (κ1) is 5.09. The maximum atomic E-state index is 5.49. The Kier molecular flexibility index (Phi) is 1.16. The third kappa shape index (κ3) is 0.780. The van der Waals surface area contributed by atoms with E-state index in [-0.39, 0.29) is 0 Å². The van der Waals surface area contributed by atoms with E-state index >= 15 is 0 Å². The van der Waals surface area contributed by atoms with Crippen molar-refractivity contribution in [2.45, 2.75) is 6.92 Å². The highest BCUT2D eigenvalue weighted by atomic mass is 14.7. The highest BCUT2D eigenvalue weighted by Crippen LogP contribution is 1.98. The van der Waals surface area contributed by atoms with Crippen LogP contribution in [0.4, 0.5) is 5.69 Å². The van der Waals surface area contributed by atoms with Gasteiger partial charge in [-0.15, -0.1) is 0 Å². The number of nitrogen functional groups attached to an aromatic ring is 1. The van der Waals surface area contributed by atoms with Crippen LogP contribution in [-0.4, -0.2) is 0 Å². The van der Waals surface area contributed by atoms with Crippen LogP contribution in [0.2, 0.25) is 0 Å². The van der Waals surface area contributed by atoms with Crippen molar-refractivity contribution in [3.8, 4) is 0 Å². The van der Waals surface area contributed by atoms with E-state index in [1.807, 2.05) is 25.3 Å². The van der Waals surface area contributed by atoms with Crippen molar-refractivity contribution in [1.29, 1.82) is 0 Å². The van der Waals surface area contributed by atoms with Crippen molar-refractivity contribution < 1.29 is 4.98 Å². The molecule has 1 aromatic heterocycles. The number of hydrogen-bond acceptors (Lipinski definition) is 1. The molecule has 0 saturated carbocycles. The van der Waals surface area contributed by atoms with Gasteiger partial charge >= 0.3 is 0 Å². The Morgan fingerprint density at radius 3 is 2.75 bits per heavy atom. The maximum absolute atomic E-state index is 5.49. The molecule has 2 nitrogen and oxygen atoms in total. The van der Waals surface area contributed by atoms with E-state index in [1.54, 1.807) is 0 Å². The third-order valence-corrected chi connectivity index (χ3v) is 1.10. The lowest BCUT2D eigenvalue weighted by Gasteiger charge is -1.86. The van der Waals surface area contributed by atoms with Crippen molar-refractivity contribution in [3.05, 3.63) is 24.0 Å². The number of rotatable bonds is 0. The minimum Gasteiger partial charge on any atom is -0.394 e. The molecular weight excluding hydrogens is 100 g/mol. The second-order valence-electron chi connectivity index (χ2n) is 1.75. The Balaban J connectivity index is 3.13. The molecule has 0 bridgehead atoms. The van der Waals surface area contributed by atoms with Crippen LogP contribution in [0.3, 0.4) is 0 Å². The predicted octanol–water partition coefficient (Wildman–Crippen LogP) is 0.391. The van der Waals surface area contributed by atoms with Gasteiger partial charge in [0, 0.05) is 13.0 Å². The first-order valence-corrected chi connectivity index (χ1v) is 2.53. The van der Waals surface area contributed by atoms with Crippen molar-refractivity contribution in [2.75, 3.05) is 5.73 Å². The van der Waals surface area contributed by atoms with Crippen LogP contribution >= 0.6 is 0 Å². The van der Waals surface area contributed by atoms with E-state index in [9.17, 15) is 0 Å². The lowest BCUT2D eigenvalue weighted by Crippen LogP contribution is -2.08. The molecule has 0 radical (unpaired) electrons. The second-order valence-corrected chi connectivity index (χ2v) is 1.75. The summed E-state index contributed by atoms with van der Waals surface area (Å²) in [6.45, 7) is 1.94. The van der Waals surface area contributed by atoms with E-state index < -0.39 is 0 Å². The molecule has 1 rings (SSSR count). The predicted molar refractivity (Wildman–Crippen MR) is 32.1 cm³/mol. The minimum absolute atomic E-state index is 0.813. The molecule has 8 heavy (non-hydrogen) atoms. The summed E-state index contributed by atoms with van der Waals surface area (Å²) in [5.41, 5.74) is 7.32. The Morgan fingerprint density at radius 2 is 2.38 bits per heavy atom. The van der Waals surface area contributed by atoms with E-state index in [2.05, 4.69) is 4.98 Å². The van der Waals surface area contributed by atoms with Crippen molar-refractivity contribution in [1.82, 2.24) is 0 Å². The monoisotopic (exact) mass is 109 g/mol. The Hall–Kier alpha value is -1.05. The number of nitrogens with two attached hydrogens (primary N) is 1. The van der Waals surface area contributed by atoms with E-state index in [1.165, 1.54) is 0 Å². The molecule has 0 saturated heterocycles. The second kappa shape index (κ2) is 1.82. The SMILES string of the molecule is Cc1[nH+]cccc1N. The van der Waals surface area contributed by atoms with Gasteiger partial charge in [0.15, 0.2) is 11.9 Å². The average molecular weight is 109 g/mol. The largest absolute Gasteiger partial charge is 0.394 e. The number of nitrogens with one attached hydrogen (secondary N) is 1. The Labute approximate surface area is 48.4 Å². The molecule has 0 atom stereocenters. The first-order chi connectivity index (χ1) is 3.80. The molecule has 42 valence electrons. The third-order valence-electron chi connectivity index (χ3n) is 1.10. The number of aromatic nitrogens is 1. The summed E-state index contributed by atoms with van der Waals surface area (Å²) < 4.78 is 0. The molecule has 0 unspecified atom stereocenters. The smallest absolute Gasteiger partial charge is 0.199 e. The summed E-state index contributed by atoms with van der Waals surface area (Å²) in [7, 11) is 0. The number of aryl methyl sites for hydroxylation is 1. The number of H-pyrrole nitrogens is 1. The lowest BCUT2D eigenvalue weighted by molar-refractivity contribution is -0.386. The van der Waals surface area contributed by atoms with Crippen molar-refractivity contribution in [2.24, 2.45) is 0 Å². The van der Waals surface area contributed by atoms with Gasteiger partial charge in [0.2, 0.25) is 0 Å². The summed E-state index contributed by atoms with van der Waals surface area (Å²) in [5.74, 6) is 0. The van der Waals surface area contributed by atoms with E-state index in [0.717, 1.165) is 11.4 Å². The van der Waals surface area contributed by atoms with Gasteiger partial charge in [0.1, 0.15) is 0 Å². The summed E-state index contributed by atoms with van der Waals surface area (Å²) in [6.07, 6.45) is 1.85. The van der Waals surface area contributed by atoms with Crippen molar-refractivity contribution in [3.63, 3.8) is 0 Å². The zero-order chi connectivity index (χ0) is 5.98. The number of anilines is 1. The fraction of sp³-hybridized carbons (Fsp3) is 0.167. The zero-order valence-corrected chi connectivity index (χ0v) is 4.81. The number of pyridine rings is 1. The summed E-state index contributed by atoms with van der Waals surface area (Å²) >= 11 is 0. The highest BCUT2D eigenvalue weighted by Gasteiger charge is 1.93. The van der Waals surface area contributed by atoms with Crippen LogP contribution in [0.25, 0.3) is 0 Å². The quantitative estimate of drug-likeness (QED) is 0.514. The molecule has 1 aromatic rings. The highest BCUT2D eigenvalue weighted by molar-refractivity contribution is 5.37. The van der Waals surface area contributed by atoms with E-state index in [0.29, 0.717) is 0 Å². The molecule has 0 aromatic carbocycles. The normalized spacial score (nSPS) is 9.12. The van der Waals surface area contributed by atoms with Gasteiger partial charge in [0.25, 0.3) is 0 Å². The molecule has 0 aliphatic rings. The molecule has 3 N–H and O–H groups in total. The van der Waals surface area contributed by atoms with Gasteiger partial charge in [-0.2, -0.15) is 0 Å². The number of hydrogen-bond donors (Lipinski definition) is 1. The van der Waals surface area contributed by atoms with Gasteiger partial charge in [-0.25, -0.2) is 4.98 Å². The first-order valence-electron chi connectivity index (χ1n) is 2.53. The van der Waals surface area contributed by atoms with Gasteiger partial charge in [0.05, 0.1) is 5.69 Å². The fourth-order valence-corrected chi connectivity index (χ4v) is 0.533. The number of aromatic amines is 1. The van der Waals surface area contributed by atoms with Crippen molar-refractivity contribution >= 4 is 5.69 Å². The molecule has 0 amide bonds. The van der Waals surface area contributed by atoms with Crippen LogP contribution in [0.1, 0.15) is 5.69 Å². The average Bonchev–Trinajstić information content (AvgIpc) is 1.77. The van der Waals surface area contributed by atoms with Gasteiger partial charge in [-0.3, -0.25) is 0 Å². The standard InChI is InChI=1S/C6H8N2/c1-5-6(7)3-2-4-8-5/h2-4H,7H2,1H3/p+1. The van der Waals surface area contributed by atoms with Gasteiger partial charge < -0.3 is 5.73 Å². The lowest BCUT2D eigenvalue weighted by atomic mass is 10.3. The topological polar surface area (TPSA) is 40.2 Å². The molecule has 0 aliphatic heterocycles. The zero-order valence-electron chi connectivity index (χ0n) is 4.81. The molecule has 2 heteroatoms. The Bertz CT molecular complexity index is 163. The molecule has 1 heterocycles. The summed E-state index contributed by atoms with van der Waals surface area (Å²) in [4.78, 5) is 2.97. The van der Waals surface area contributed by atoms with Crippen LogP contribution < -0.4 is 10.7 Å². The molecular formula is C6H9N2+. The molecule has 0 aliphatic carbocycles. The fourth-order valence-electron chi connectivity index (χ4n) is 0.533.